The molecule has 2 rings (SSSR count). The van der Waals surface area contributed by atoms with Gasteiger partial charge < -0.3 is 10.6 Å². The SMILES string of the molecule is O=C(NC1CCCCNC1)c1ccncc1Cl. The van der Waals surface area contributed by atoms with Crippen molar-refractivity contribution in [2.24, 2.45) is 0 Å². The predicted octanol–water partition coefficient (Wildman–Crippen LogP) is 1.61. The number of pyridine rings is 1. The second kappa shape index (κ2) is 5.98. The lowest BCUT2D eigenvalue weighted by Crippen LogP contribution is -2.40. The van der Waals surface area contributed by atoms with Crippen LogP contribution < -0.4 is 10.6 Å². The largest absolute Gasteiger partial charge is 0.348 e. The Labute approximate surface area is 106 Å². The number of carbonyl (C=O) groups excluding carboxylic acids is 1. The molecule has 1 saturated heterocycles. The van der Waals surface area contributed by atoms with E-state index in [1.54, 1.807) is 12.3 Å². The highest BCUT2D eigenvalue weighted by molar-refractivity contribution is 6.33. The van der Waals surface area contributed by atoms with Crippen LogP contribution in [0.1, 0.15) is 29.6 Å². The molecule has 0 saturated carbocycles. The molecule has 0 radical (unpaired) electrons. The van der Waals surface area contributed by atoms with Gasteiger partial charge in [-0.3, -0.25) is 9.78 Å². The fourth-order valence-electron chi connectivity index (χ4n) is 1.96. The van der Waals surface area contributed by atoms with E-state index in [1.165, 1.54) is 12.6 Å². The molecule has 1 aliphatic heterocycles. The highest BCUT2D eigenvalue weighted by Crippen LogP contribution is 2.14. The summed E-state index contributed by atoms with van der Waals surface area (Å²) in [6, 6.07) is 1.83. The molecule has 1 unspecified atom stereocenters. The molecule has 1 aromatic heterocycles. The third-order valence-corrected chi connectivity index (χ3v) is 3.20. The zero-order valence-corrected chi connectivity index (χ0v) is 10.3. The van der Waals surface area contributed by atoms with Crippen molar-refractivity contribution in [3.8, 4) is 0 Å². The maximum absolute atomic E-state index is 12.0. The summed E-state index contributed by atoms with van der Waals surface area (Å²) in [5.41, 5.74) is 0.492. The number of aromatic nitrogens is 1. The van der Waals surface area contributed by atoms with Crippen LogP contribution in [-0.4, -0.2) is 30.0 Å². The van der Waals surface area contributed by atoms with E-state index < -0.39 is 0 Å². The summed E-state index contributed by atoms with van der Waals surface area (Å²) >= 11 is 5.93. The first-order valence-corrected chi connectivity index (χ1v) is 6.26. The lowest BCUT2D eigenvalue weighted by atomic mass is 10.1. The average Bonchev–Trinajstić information content (AvgIpc) is 2.58. The Morgan fingerprint density at radius 2 is 2.41 bits per heavy atom. The van der Waals surface area contributed by atoms with E-state index in [-0.39, 0.29) is 11.9 Å². The van der Waals surface area contributed by atoms with Gasteiger partial charge in [-0.2, -0.15) is 0 Å². The molecule has 0 bridgehead atoms. The highest BCUT2D eigenvalue weighted by Gasteiger charge is 2.16. The molecule has 0 aliphatic carbocycles. The first kappa shape index (κ1) is 12.3. The smallest absolute Gasteiger partial charge is 0.253 e. The Kier molecular flexibility index (Phi) is 4.34. The van der Waals surface area contributed by atoms with Crippen LogP contribution in [0.15, 0.2) is 18.5 Å². The number of hydrogen-bond acceptors (Lipinski definition) is 3. The number of nitrogens with one attached hydrogen (secondary N) is 2. The zero-order valence-electron chi connectivity index (χ0n) is 9.58. The minimum atomic E-state index is -0.119. The van der Waals surface area contributed by atoms with Crippen LogP contribution in [0, 0.1) is 0 Å². The van der Waals surface area contributed by atoms with Gasteiger partial charge in [-0.15, -0.1) is 0 Å². The molecular weight excluding hydrogens is 238 g/mol. The number of rotatable bonds is 2. The summed E-state index contributed by atoms with van der Waals surface area (Å²) in [4.78, 5) is 15.9. The number of amides is 1. The maximum atomic E-state index is 12.0. The van der Waals surface area contributed by atoms with Crippen LogP contribution in [0.25, 0.3) is 0 Å². The van der Waals surface area contributed by atoms with Gasteiger partial charge in [0.2, 0.25) is 0 Å². The van der Waals surface area contributed by atoms with Crippen molar-refractivity contribution in [2.75, 3.05) is 13.1 Å². The van der Waals surface area contributed by atoms with Crippen molar-refractivity contribution < 1.29 is 4.79 Å². The topological polar surface area (TPSA) is 54.0 Å². The van der Waals surface area contributed by atoms with Crippen LogP contribution in [-0.2, 0) is 0 Å². The van der Waals surface area contributed by atoms with Gasteiger partial charge in [-0.05, 0) is 25.5 Å². The quantitative estimate of drug-likeness (QED) is 0.842. The minimum Gasteiger partial charge on any atom is -0.348 e. The van der Waals surface area contributed by atoms with Gasteiger partial charge >= 0.3 is 0 Å². The van der Waals surface area contributed by atoms with Crippen molar-refractivity contribution in [1.82, 2.24) is 15.6 Å². The Hall–Kier alpha value is -1.13. The van der Waals surface area contributed by atoms with Crippen LogP contribution in [0.4, 0.5) is 0 Å². The normalized spacial score (nSPS) is 20.6. The Bertz CT molecular complexity index is 389. The number of nitrogens with zero attached hydrogens (tertiary/aromatic N) is 1. The summed E-state index contributed by atoms with van der Waals surface area (Å²) in [5, 5.41) is 6.71. The molecule has 1 aliphatic rings. The van der Waals surface area contributed by atoms with Crippen LogP contribution in [0.2, 0.25) is 5.02 Å². The molecule has 1 fully saturated rings. The van der Waals surface area contributed by atoms with E-state index in [2.05, 4.69) is 15.6 Å². The lowest BCUT2D eigenvalue weighted by Gasteiger charge is -2.16. The van der Waals surface area contributed by atoms with Crippen LogP contribution >= 0.6 is 11.6 Å². The third kappa shape index (κ3) is 3.41. The number of halogens is 1. The van der Waals surface area contributed by atoms with Gasteiger partial charge in [0.15, 0.2) is 0 Å². The van der Waals surface area contributed by atoms with E-state index in [1.807, 2.05) is 0 Å². The Morgan fingerprint density at radius 3 is 3.24 bits per heavy atom. The fourth-order valence-corrected chi connectivity index (χ4v) is 2.17. The molecule has 0 spiro atoms. The van der Waals surface area contributed by atoms with Crippen LogP contribution in [0.5, 0.6) is 0 Å². The van der Waals surface area contributed by atoms with E-state index in [4.69, 9.17) is 11.6 Å². The van der Waals surface area contributed by atoms with Crippen LogP contribution in [0.3, 0.4) is 0 Å². The summed E-state index contributed by atoms with van der Waals surface area (Å²) < 4.78 is 0. The first-order chi connectivity index (χ1) is 8.27. The highest BCUT2D eigenvalue weighted by atomic mass is 35.5. The second-order valence-electron chi connectivity index (χ2n) is 4.23. The Morgan fingerprint density at radius 1 is 1.53 bits per heavy atom. The summed E-state index contributed by atoms with van der Waals surface area (Å²) in [6.45, 7) is 1.86. The van der Waals surface area contributed by atoms with E-state index in [9.17, 15) is 4.79 Å². The van der Waals surface area contributed by atoms with Gasteiger partial charge in [0.1, 0.15) is 0 Å². The second-order valence-corrected chi connectivity index (χ2v) is 4.63. The van der Waals surface area contributed by atoms with E-state index >= 15 is 0 Å². The maximum Gasteiger partial charge on any atom is 0.253 e. The molecule has 2 N–H and O–H groups in total. The van der Waals surface area contributed by atoms with Crippen molar-refractivity contribution in [2.45, 2.75) is 25.3 Å². The third-order valence-electron chi connectivity index (χ3n) is 2.90. The van der Waals surface area contributed by atoms with Gasteiger partial charge in [0, 0.05) is 25.0 Å². The van der Waals surface area contributed by atoms with Gasteiger partial charge in [0.05, 0.1) is 10.6 Å². The molecule has 17 heavy (non-hydrogen) atoms. The molecule has 5 heteroatoms. The van der Waals surface area contributed by atoms with Gasteiger partial charge in [0.25, 0.3) is 5.91 Å². The number of hydrogen-bond donors (Lipinski definition) is 2. The fraction of sp³-hybridized carbons (Fsp3) is 0.500. The summed E-state index contributed by atoms with van der Waals surface area (Å²) in [6.07, 6.45) is 6.39. The van der Waals surface area contributed by atoms with E-state index in [0.717, 1.165) is 25.9 Å². The molecule has 1 aromatic rings. The van der Waals surface area contributed by atoms with Gasteiger partial charge in [-0.1, -0.05) is 18.0 Å². The molecular formula is C12H16ClN3O. The van der Waals surface area contributed by atoms with Crippen molar-refractivity contribution in [3.63, 3.8) is 0 Å². The standard InChI is InChI=1S/C12H16ClN3O/c13-11-8-15-6-4-10(11)12(17)16-9-3-1-2-5-14-7-9/h4,6,8-9,14H,1-3,5,7H2,(H,16,17). The van der Waals surface area contributed by atoms with Gasteiger partial charge in [-0.25, -0.2) is 0 Å². The molecule has 4 nitrogen and oxygen atoms in total. The first-order valence-electron chi connectivity index (χ1n) is 5.88. The minimum absolute atomic E-state index is 0.119. The Balaban J connectivity index is 1.98. The molecule has 92 valence electrons. The molecule has 2 heterocycles. The van der Waals surface area contributed by atoms with Crippen molar-refractivity contribution in [3.05, 3.63) is 29.0 Å². The van der Waals surface area contributed by atoms with Crippen molar-refractivity contribution >= 4 is 17.5 Å². The number of carbonyl (C=O) groups is 1. The molecule has 1 amide bonds. The average molecular weight is 254 g/mol. The zero-order chi connectivity index (χ0) is 12.1. The van der Waals surface area contributed by atoms with Crippen molar-refractivity contribution in [1.29, 1.82) is 0 Å². The summed E-state index contributed by atoms with van der Waals surface area (Å²) in [7, 11) is 0. The molecule has 0 aromatic carbocycles. The molecule has 1 atom stereocenters. The predicted molar refractivity (Wildman–Crippen MR) is 67.2 cm³/mol. The van der Waals surface area contributed by atoms with E-state index in [0.29, 0.717) is 10.6 Å². The summed E-state index contributed by atoms with van der Waals surface area (Å²) in [5.74, 6) is -0.119. The lowest BCUT2D eigenvalue weighted by molar-refractivity contribution is 0.0935. The monoisotopic (exact) mass is 253 g/mol.